The monoisotopic (exact) mass is 291 g/mol. The minimum atomic E-state index is 0.396. The lowest BCUT2D eigenvalue weighted by Gasteiger charge is -2.14. The van der Waals surface area contributed by atoms with Crippen molar-refractivity contribution in [1.29, 1.82) is 0 Å². The van der Waals surface area contributed by atoms with Gasteiger partial charge < -0.3 is 10.6 Å². The molecule has 0 unspecified atom stereocenters. The number of rotatable bonds is 2. The molecule has 98 valence electrons. The fraction of sp³-hybridized carbons (Fsp3) is 0.143. The number of pyridine rings is 1. The topological polar surface area (TPSA) is 37.0 Å². The normalized spacial score (nSPS) is 10.1. The Bertz CT molecular complexity index is 613. The summed E-state index contributed by atoms with van der Waals surface area (Å²) >= 11 is 11.2. The minimum absolute atomic E-state index is 0.396. The van der Waals surface area contributed by atoms with Gasteiger partial charge in [-0.05, 0) is 55.4 Å². The molecule has 3 nitrogen and oxygen atoms in total. The van der Waals surface area contributed by atoms with E-state index >= 15 is 0 Å². The molecule has 5 heteroatoms. The summed E-state index contributed by atoms with van der Waals surface area (Å²) in [4.78, 5) is 3.99. The predicted octanol–water partition coefficient (Wildman–Crippen LogP) is 4.16. The van der Waals surface area contributed by atoms with Gasteiger partial charge in [-0.15, -0.1) is 0 Å². The number of nitrogens with one attached hydrogen (secondary N) is 2. The van der Waals surface area contributed by atoms with Crippen molar-refractivity contribution < 1.29 is 0 Å². The quantitative estimate of drug-likeness (QED) is 0.643. The SMILES string of the molecule is Cc1cccc(NC(=S)Nc2cccnc2Cl)c1C. The van der Waals surface area contributed by atoms with Crippen LogP contribution < -0.4 is 10.6 Å². The van der Waals surface area contributed by atoms with E-state index in [0.717, 1.165) is 5.69 Å². The number of aryl methyl sites for hydroxylation is 1. The largest absolute Gasteiger partial charge is 0.332 e. The average molecular weight is 292 g/mol. The van der Waals surface area contributed by atoms with Crippen LogP contribution in [0, 0.1) is 13.8 Å². The summed E-state index contributed by atoms with van der Waals surface area (Å²) in [5.74, 6) is 0. The van der Waals surface area contributed by atoms with Crippen LogP contribution in [-0.4, -0.2) is 10.1 Å². The molecule has 1 heterocycles. The summed E-state index contributed by atoms with van der Waals surface area (Å²) in [6, 6.07) is 9.67. The molecule has 2 rings (SSSR count). The van der Waals surface area contributed by atoms with Gasteiger partial charge in [0.15, 0.2) is 10.3 Å². The number of benzene rings is 1. The lowest BCUT2D eigenvalue weighted by molar-refractivity contribution is 1.32. The highest BCUT2D eigenvalue weighted by Crippen LogP contribution is 2.20. The summed E-state index contributed by atoms with van der Waals surface area (Å²) in [5.41, 5.74) is 4.06. The Morgan fingerprint density at radius 3 is 2.53 bits per heavy atom. The fourth-order valence-corrected chi connectivity index (χ4v) is 2.03. The Labute approximate surface area is 123 Å². The van der Waals surface area contributed by atoms with Crippen LogP contribution >= 0.6 is 23.8 Å². The van der Waals surface area contributed by atoms with Crippen molar-refractivity contribution in [2.24, 2.45) is 0 Å². The Morgan fingerprint density at radius 2 is 1.79 bits per heavy atom. The number of thiocarbonyl (C=S) groups is 1. The number of aromatic nitrogens is 1. The predicted molar refractivity (Wildman–Crippen MR) is 85.0 cm³/mol. The van der Waals surface area contributed by atoms with Gasteiger partial charge >= 0.3 is 0 Å². The number of hydrogen-bond acceptors (Lipinski definition) is 2. The van der Waals surface area contributed by atoms with Crippen LogP contribution in [0.15, 0.2) is 36.5 Å². The third kappa shape index (κ3) is 3.43. The average Bonchev–Trinajstić information content (AvgIpc) is 2.38. The van der Waals surface area contributed by atoms with Crippen molar-refractivity contribution in [2.75, 3.05) is 10.6 Å². The van der Waals surface area contributed by atoms with Crippen molar-refractivity contribution in [3.05, 3.63) is 52.8 Å². The molecule has 2 aromatic rings. The first-order chi connectivity index (χ1) is 9.08. The van der Waals surface area contributed by atoms with Gasteiger partial charge in [0.1, 0.15) is 0 Å². The highest BCUT2D eigenvalue weighted by atomic mass is 35.5. The van der Waals surface area contributed by atoms with Crippen molar-refractivity contribution >= 4 is 40.3 Å². The van der Waals surface area contributed by atoms with Gasteiger partial charge in [-0.25, -0.2) is 4.98 Å². The zero-order chi connectivity index (χ0) is 13.8. The first-order valence-electron chi connectivity index (χ1n) is 5.82. The van der Waals surface area contributed by atoms with Crippen molar-refractivity contribution in [3.63, 3.8) is 0 Å². The van der Waals surface area contributed by atoms with Gasteiger partial charge in [0.2, 0.25) is 0 Å². The summed E-state index contributed by atoms with van der Waals surface area (Å²) in [6.07, 6.45) is 1.63. The Balaban J connectivity index is 2.10. The smallest absolute Gasteiger partial charge is 0.175 e. The van der Waals surface area contributed by atoms with E-state index in [9.17, 15) is 0 Å². The number of hydrogen-bond donors (Lipinski definition) is 2. The molecule has 0 saturated heterocycles. The third-order valence-corrected chi connectivity index (χ3v) is 3.37. The Kier molecular flexibility index (Phi) is 4.35. The second-order valence-electron chi connectivity index (χ2n) is 4.17. The van der Waals surface area contributed by atoms with Gasteiger partial charge in [0, 0.05) is 11.9 Å². The van der Waals surface area contributed by atoms with Crippen LogP contribution in [0.2, 0.25) is 5.15 Å². The summed E-state index contributed by atoms with van der Waals surface area (Å²) < 4.78 is 0. The summed E-state index contributed by atoms with van der Waals surface area (Å²) in [7, 11) is 0. The van der Waals surface area contributed by atoms with E-state index in [2.05, 4.69) is 35.5 Å². The molecule has 0 spiro atoms. The van der Waals surface area contributed by atoms with E-state index in [1.807, 2.05) is 18.2 Å². The molecule has 0 fully saturated rings. The molecule has 0 aliphatic rings. The van der Waals surface area contributed by atoms with E-state index in [0.29, 0.717) is 16.0 Å². The molecule has 19 heavy (non-hydrogen) atoms. The van der Waals surface area contributed by atoms with Gasteiger partial charge in [0.25, 0.3) is 0 Å². The maximum atomic E-state index is 5.97. The molecule has 0 radical (unpaired) electrons. The van der Waals surface area contributed by atoms with E-state index in [1.165, 1.54) is 11.1 Å². The molecular weight excluding hydrogens is 278 g/mol. The highest BCUT2D eigenvalue weighted by Gasteiger charge is 2.05. The molecule has 1 aromatic heterocycles. The highest BCUT2D eigenvalue weighted by molar-refractivity contribution is 7.80. The van der Waals surface area contributed by atoms with Crippen LogP contribution in [0.3, 0.4) is 0 Å². The van der Waals surface area contributed by atoms with Crippen molar-refractivity contribution in [3.8, 4) is 0 Å². The lowest BCUT2D eigenvalue weighted by Crippen LogP contribution is -2.20. The second-order valence-corrected chi connectivity index (χ2v) is 4.93. The van der Waals surface area contributed by atoms with Crippen molar-refractivity contribution in [1.82, 2.24) is 4.98 Å². The number of halogens is 1. The van der Waals surface area contributed by atoms with Gasteiger partial charge in [-0.3, -0.25) is 0 Å². The number of nitrogens with zero attached hydrogens (tertiary/aromatic N) is 1. The van der Waals surface area contributed by atoms with Crippen LogP contribution in [0.5, 0.6) is 0 Å². The molecular formula is C14H14ClN3S. The maximum Gasteiger partial charge on any atom is 0.175 e. The number of anilines is 2. The fourth-order valence-electron chi connectivity index (χ4n) is 1.64. The first-order valence-corrected chi connectivity index (χ1v) is 6.61. The molecule has 0 aliphatic heterocycles. The first kappa shape index (κ1) is 13.8. The molecule has 0 atom stereocenters. The Hall–Kier alpha value is -1.65. The molecule has 0 aliphatic carbocycles. The maximum absolute atomic E-state index is 5.97. The van der Waals surface area contributed by atoms with Gasteiger partial charge in [-0.2, -0.15) is 0 Å². The molecule has 0 saturated carbocycles. The van der Waals surface area contributed by atoms with Crippen molar-refractivity contribution in [2.45, 2.75) is 13.8 Å². The van der Waals surface area contributed by atoms with Gasteiger partial charge in [0.05, 0.1) is 5.69 Å². The molecule has 1 aromatic carbocycles. The van der Waals surface area contributed by atoms with Crippen LogP contribution in [0.4, 0.5) is 11.4 Å². The van der Waals surface area contributed by atoms with E-state index < -0.39 is 0 Å². The minimum Gasteiger partial charge on any atom is -0.332 e. The molecule has 0 bridgehead atoms. The van der Waals surface area contributed by atoms with E-state index in [1.54, 1.807) is 12.3 Å². The standard InChI is InChI=1S/C14H14ClN3S/c1-9-5-3-6-11(10(9)2)17-14(19)18-12-7-4-8-16-13(12)15/h3-8H,1-2H3,(H2,17,18,19). The zero-order valence-corrected chi connectivity index (χ0v) is 12.3. The zero-order valence-electron chi connectivity index (χ0n) is 10.7. The van der Waals surface area contributed by atoms with E-state index in [4.69, 9.17) is 23.8 Å². The van der Waals surface area contributed by atoms with E-state index in [-0.39, 0.29) is 0 Å². The third-order valence-electron chi connectivity index (χ3n) is 2.86. The lowest BCUT2D eigenvalue weighted by atomic mass is 10.1. The van der Waals surface area contributed by atoms with Crippen LogP contribution in [0.25, 0.3) is 0 Å². The van der Waals surface area contributed by atoms with Crippen LogP contribution in [0.1, 0.15) is 11.1 Å². The summed E-state index contributed by atoms with van der Waals surface area (Å²) in [6.45, 7) is 4.12. The van der Waals surface area contributed by atoms with Gasteiger partial charge in [-0.1, -0.05) is 23.7 Å². The molecule has 0 amide bonds. The molecule has 2 N–H and O–H groups in total. The second kappa shape index (κ2) is 5.99. The van der Waals surface area contributed by atoms with Crippen LogP contribution in [-0.2, 0) is 0 Å². The Morgan fingerprint density at radius 1 is 1.11 bits per heavy atom. The summed E-state index contributed by atoms with van der Waals surface area (Å²) in [5, 5.41) is 7.08.